The van der Waals surface area contributed by atoms with Crippen molar-refractivity contribution < 1.29 is 18.3 Å². The van der Waals surface area contributed by atoms with Crippen LogP contribution in [0.1, 0.15) is 5.56 Å². The molecule has 0 saturated carbocycles. The van der Waals surface area contributed by atoms with E-state index in [1.165, 1.54) is 18.2 Å². The molecular formula is C8H5ClF2O2. The van der Waals surface area contributed by atoms with Crippen LogP contribution < -0.4 is 9.47 Å². The fraction of sp³-hybridized carbons (Fsp3) is 0.250. The van der Waals surface area contributed by atoms with Gasteiger partial charge in [-0.1, -0.05) is 0 Å². The molecule has 2 nitrogen and oxygen atoms in total. The monoisotopic (exact) mass is 206 g/mol. The standard InChI is InChI=1S/C8H5ClF2O2/c9-8(10,11)5-1-2-6-7(3-5)13-4-12-6/h1-3H,4H2. The van der Waals surface area contributed by atoms with Crippen molar-refractivity contribution in [3.8, 4) is 11.5 Å². The highest BCUT2D eigenvalue weighted by Crippen LogP contribution is 2.39. The Bertz CT molecular complexity index is 335. The number of ether oxygens (including phenoxy) is 2. The van der Waals surface area contributed by atoms with Crippen LogP contribution >= 0.6 is 11.6 Å². The van der Waals surface area contributed by atoms with Crippen molar-refractivity contribution in [3.05, 3.63) is 23.8 Å². The van der Waals surface area contributed by atoms with Gasteiger partial charge in [0.15, 0.2) is 11.5 Å². The number of hydrogen-bond acceptors (Lipinski definition) is 2. The zero-order chi connectivity index (χ0) is 9.47. The van der Waals surface area contributed by atoms with Gasteiger partial charge in [-0.25, -0.2) is 0 Å². The predicted octanol–water partition coefficient (Wildman–Crippen LogP) is 2.70. The van der Waals surface area contributed by atoms with E-state index < -0.39 is 5.38 Å². The summed E-state index contributed by atoms with van der Waals surface area (Å²) >= 11 is 4.83. The van der Waals surface area contributed by atoms with E-state index in [2.05, 4.69) is 0 Å². The Balaban J connectivity index is 2.42. The Morgan fingerprint density at radius 1 is 1.23 bits per heavy atom. The van der Waals surface area contributed by atoms with E-state index in [1.54, 1.807) is 0 Å². The second-order valence-electron chi connectivity index (χ2n) is 2.57. The second-order valence-corrected chi connectivity index (χ2v) is 3.04. The average molecular weight is 207 g/mol. The zero-order valence-corrected chi connectivity index (χ0v) is 7.15. The molecule has 1 heterocycles. The smallest absolute Gasteiger partial charge is 0.348 e. The van der Waals surface area contributed by atoms with Crippen LogP contribution in [-0.2, 0) is 5.38 Å². The van der Waals surface area contributed by atoms with Crippen molar-refractivity contribution in [1.82, 2.24) is 0 Å². The molecule has 0 atom stereocenters. The Labute approximate surface area is 78.0 Å². The molecule has 0 amide bonds. The fourth-order valence-electron chi connectivity index (χ4n) is 1.07. The number of benzene rings is 1. The first-order valence-electron chi connectivity index (χ1n) is 3.54. The lowest BCUT2D eigenvalue weighted by Gasteiger charge is -2.07. The van der Waals surface area contributed by atoms with Crippen molar-refractivity contribution in [2.75, 3.05) is 6.79 Å². The van der Waals surface area contributed by atoms with E-state index in [0.29, 0.717) is 11.5 Å². The van der Waals surface area contributed by atoms with Crippen LogP contribution in [0.15, 0.2) is 18.2 Å². The van der Waals surface area contributed by atoms with Crippen LogP contribution in [0.25, 0.3) is 0 Å². The molecule has 0 radical (unpaired) electrons. The molecule has 0 fully saturated rings. The molecule has 70 valence electrons. The van der Waals surface area contributed by atoms with Crippen molar-refractivity contribution in [2.45, 2.75) is 5.38 Å². The highest BCUT2D eigenvalue weighted by molar-refractivity contribution is 6.21. The minimum atomic E-state index is -3.36. The molecule has 0 unspecified atom stereocenters. The van der Waals surface area contributed by atoms with Gasteiger partial charge in [0.1, 0.15) is 0 Å². The molecular weight excluding hydrogens is 202 g/mol. The molecule has 1 aliphatic rings. The first kappa shape index (κ1) is 8.56. The number of halogens is 3. The number of alkyl halides is 3. The molecule has 0 aromatic heterocycles. The third-order valence-corrected chi connectivity index (χ3v) is 1.92. The summed E-state index contributed by atoms with van der Waals surface area (Å²) in [5, 5.41) is -3.36. The Kier molecular flexibility index (Phi) is 1.80. The maximum Gasteiger partial charge on any atom is 0.348 e. The Morgan fingerprint density at radius 3 is 2.62 bits per heavy atom. The summed E-state index contributed by atoms with van der Waals surface area (Å²) in [5.74, 6) is 0.766. The van der Waals surface area contributed by atoms with Gasteiger partial charge in [-0.2, -0.15) is 8.78 Å². The third kappa shape index (κ3) is 1.54. The highest BCUT2D eigenvalue weighted by atomic mass is 35.5. The molecule has 13 heavy (non-hydrogen) atoms. The molecule has 0 spiro atoms. The maximum atomic E-state index is 12.6. The second kappa shape index (κ2) is 2.73. The zero-order valence-electron chi connectivity index (χ0n) is 6.39. The molecule has 2 rings (SSSR count). The summed E-state index contributed by atoms with van der Waals surface area (Å²) in [6.45, 7) is 0.0621. The molecule has 1 aliphatic heterocycles. The van der Waals surface area contributed by atoms with Crippen LogP contribution in [0.3, 0.4) is 0 Å². The van der Waals surface area contributed by atoms with Crippen molar-refractivity contribution in [2.24, 2.45) is 0 Å². The van der Waals surface area contributed by atoms with Crippen molar-refractivity contribution in [3.63, 3.8) is 0 Å². The van der Waals surface area contributed by atoms with Crippen LogP contribution in [0.5, 0.6) is 11.5 Å². The number of rotatable bonds is 1. The first-order valence-corrected chi connectivity index (χ1v) is 3.92. The number of fused-ring (bicyclic) bond motifs is 1. The van der Waals surface area contributed by atoms with Gasteiger partial charge < -0.3 is 9.47 Å². The Hall–Kier alpha value is -1.03. The van der Waals surface area contributed by atoms with Gasteiger partial charge in [0.05, 0.1) is 0 Å². The average Bonchev–Trinajstić information content (AvgIpc) is 2.47. The fourth-order valence-corrected chi connectivity index (χ4v) is 1.19. The molecule has 0 saturated heterocycles. The van der Waals surface area contributed by atoms with Gasteiger partial charge in [-0.3, -0.25) is 0 Å². The predicted molar refractivity (Wildman–Crippen MR) is 42.3 cm³/mol. The van der Waals surface area contributed by atoms with E-state index in [0.717, 1.165) is 0 Å². The lowest BCUT2D eigenvalue weighted by atomic mass is 10.2. The lowest BCUT2D eigenvalue weighted by Crippen LogP contribution is -2.02. The minimum absolute atomic E-state index is 0.0621. The van der Waals surface area contributed by atoms with Crippen molar-refractivity contribution in [1.29, 1.82) is 0 Å². The van der Waals surface area contributed by atoms with E-state index >= 15 is 0 Å². The van der Waals surface area contributed by atoms with Gasteiger partial charge in [-0.15, -0.1) is 0 Å². The summed E-state index contributed by atoms with van der Waals surface area (Å²) in [4.78, 5) is 0. The largest absolute Gasteiger partial charge is 0.454 e. The molecule has 5 heteroatoms. The first-order chi connectivity index (χ1) is 6.07. The van der Waals surface area contributed by atoms with Crippen LogP contribution in [-0.4, -0.2) is 6.79 Å². The minimum Gasteiger partial charge on any atom is -0.454 e. The van der Waals surface area contributed by atoms with E-state index in [4.69, 9.17) is 21.1 Å². The third-order valence-electron chi connectivity index (χ3n) is 1.70. The highest BCUT2D eigenvalue weighted by Gasteiger charge is 2.29. The molecule has 1 aromatic carbocycles. The normalized spacial score (nSPS) is 14.7. The van der Waals surface area contributed by atoms with Gasteiger partial charge in [0.2, 0.25) is 6.79 Å². The van der Waals surface area contributed by atoms with Gasteiger partial charge in [0.25, 0.3) is 0 Å². The summed E-state index contributed by atoms with van der Waals surface area (Å²) in [7, 11) is 0. The summed E-state index contributed by atoms with van der Waals surface area (Å²) in [5.41, 5.74) is -0.293. The molecule has 0 aliphatic carbocycles. The van der Waals surface area contributed by atoms with Crippen LogP contribution in [0.2, 0.25) is 0 Å². The van der Waals surface area contributed by atoms with E-state index in [1.807, 2.05) is 0 Å². The van der Waals surface area contributed by atoms with Crippen LogP contribution in [0, 0.1) is 0 Å². The van der Waals surface area contributed by atoms with E-state index in [9.17, 15) is 8.78 Å². The number of hydrogen-bond donors (Lipinski definition) is 0. The SMILES string of the molecule is FC(F)(Cl)c1ccc2c(c1)OCO2. The molecule has 0 N–H and O–H groups in total. The van der Waals surface area contributed by atoms with Gasteiger partial charge in [0, 0.05) is 5.56 Å². The molecule has 1 aromatic rings. The van der Waals surface area contributed by atoms with Crippen molar-refractivity contribution >= 4 is 11.6 Å². The van der Waals surface area contributed by atoms with E-state index in [-0.39, 0.29) is 12.4 Å². The summed E-state index contributed by atoms with van der Waals surface area (Å²) < 4.78 is 35.1. The lowest BCUT2D eigenvalue weighted by molar-refractivity contribution is 0.0948. The van der Waals surface area contributed by atoms with Crippen LogP contribution in [0.4, 0.5) is 8.78 Å². The summed E-state index contributed by atoms with van der Waals surface area (Å²) in [6.07, 6.45) is 0. The maximum absolute atomic E-state index is 12.6. The topological polar surface area (TPSA) is 18.5 Å². The summed E-state index contributed by atoms with van der Waals surface area (Å²) in [6, 6.07) is 3.80. The quantitative estimate of drug-likeness (QED) is 0.658. The Morgan fingerprint density at radius 2 is 1.92 bits per heavy atom. The van der Waals surface area contributed by atoms with Gasteiger partial charge in [-0.05, 0) is 29.8 Å². The molecule has 0 bridgehead atoms. The van der Waals surface area contributed by atoms with Gasteiger partial charge >= 0.3 is 5.38 Å².